The van der Waals surface area contributed by atoms with Crippen molar-refractivity contribution in [2.24, 2.45) is 5.41 Å². The number of aliphatic carboxylic acids is 1. The highest BCUT2D eigenvalue weighted by Gasteiger charge is 2.27. The summed E-state index contributed by atoms with van der Waals surface area (Å²) in [6.07, 6.45) is 0. The third-order valence-corrected chi connectivity index (χ3v) is 2.92. The Kier molecular flexibility index (Phi) is 4.96. The van der Waals surface area contributed by atoms with Crippen LogP contribution < -0.4 is 14.8 Å². The van der Waals surface area contributed by atoms with Gasteiger partial charge in [-0.25, -0.2) is 0 Å². The zero-order valence-corrected chi connectivity index (χ0v) is 12.0. The minimum atomic E-state index is -1.02. The van der Waals surface area contributed by atoms with Gasteiger partial charge in [0.05, 0.1) is 19.6 Å². The number of nitrogens with one attached hydrogen (secondary N) is 1. The van der Waals surface area contributed by atoms with E-state index in [0.29, 0.717) is 17.1 Å². The lowest BCUT2D eigenvalue weighted by Gasteiger charge is -2.19. The molecule has 1 aromatic rings. The van der Waals surface area contributed by atoms with E-state index < -0.39 is 11.4 Å². The number of hydrogen-bond donors (Lipinski definition) is 2. The Morgan fingerprint density at radius 3 is 2.30 bits per heavy atom. The van der Waals surface area contributed by atoms with Gasteiger partial charge in [-0.1, -0.05) is 0 Å². The lowest BCUT2D eigenvalue weighted by molar-refractivity contribution is -0.146. The van der Waals surface area contributed by atoms with Crippen LogP contribution in [0.15, 0.2) is 18.2 Å². The predicted octanol–water partition coefficient (Wildman–Crippen LogP) is 1.54. The lowest BCUT2D eigenvalue weighted by Crippen LogP contribution is -2.38. The van der Waals surface area contributed by atoms with Crippen molar-refractivity contribution in [2.45, 2.75) is 13.8 Å². The molecule has 110 valence electrons. The SMILES string of the molecule is COc1ccc(C(=O)NCC(C)(C)C(=O)O)cc1OC. The van der Waals surface area contributed by atoms with Crippen LogP contribution in [0.2, 0.25) is 0 Å². The van der Waals surface area contributed by atoms with Gasteiger partial charge in [-0.2, -0.15) is 0 Å². The first kappa shape index (κ1) is 15.8. The van der Waals surface area contributed by atoms with Crippen LogP contribution in [0, 0.1) is 5.41 Å². The molecule has 0 fully saturated rings. The maximum absolute atomic E-state index is 12.0. The predicted molar refractivity (Wildman–Crippen MR) is 73.3 cm³/mol. The third-order valence-electron chi connectivity index (χ3n) is 2.92. The molecule has 0 saturated heterocycles. The van der Waals surface area contributed by atoms with Crippen LogP contribution >= 0.6 is 0 Å². The minimum absolute atomic E-state index is 0.0372. The Morgan fingerprint density at radius 1 is 1.20 bits per heavy atom. The van der Waals surface area contributed by atoms with E-state index in [2.05, 4.69) is 5.32 Å². The lowest BCUT2D eigenvalue weighted by atomic mass is 9.94. The van der Waals surface area contributed by atoms with Gasteiger partial charge in [-0.15, -0.1) is 0 Å². The summed E-state index contributed by atoms with van der Waals surface area (Å²) in [5.41, 5.74) is -0.643. The molecular weight excluding hydrogens is 262 g/mol. The average molecular weight is 281 g/mol. The van der Waals surface area contributed by atoms with Crippen molar-refractivity contribution in [1.29, 1.82) is 0 Å². The van der Waals surface area contributed by atoms with E-state index in [1.54, 1.807) is 32.0 Å². The van der Waals surface area contributed by atoms with Gasteiger partial charge in [0.15, 0.2) is 11.5 Å². The molecule has 6 nitrogen and oxygen atoms in total. The second kappa shape index (κ2) is 6.27. The van der Waals surface area contributed by atoms with Crippen LogP contribution in [-0.4, -0.2) is 37.7 Å². The maximum Gasteiger partial charge on any atom is 0.310 e. The van der Waals surface area contributed by atoms with Crippen molar-refractivity contribution < 1.29 is 24.2 Å². The molecule has 2 N–H and O–H groups in total. The topological polar surface area (TPSA) is 84.9 Å². The highest BCUT2D eigenvalue weighted by Crippen LogP contribution is 2.27. The van der Waals surface area contributed by atoms with Crippen LogP contribution in [0.25, 0.3) is 0 Å². The molecule has 0 unspecified atom stereocenters. The van der Waals surface area contributed by atoms with Crippen LogP contribution in [-0.2, 0) is 4.79 Å². The van der Waals surface area contributed by atoms with Gasteiger partial charge in [0.25, 0.3) is 5.91 Å². The van der Waals surface area contributed by atoms with E-state index >= 15 is 0 Å². The average Bonchev–Trinajstić information content (AvgIpc) is 2.43. The van der Waals surface area contributed by atoms with Crippen molar-refractivity contribution in [3.63, 3.8) is 0 Å². The summed E-state index contributed by atoms with van der Waals surface area (Å²) >= 11 is 0. The first-order chi connectivity index (χ1) is 9.31. The van der Waals surface area contributed by atoms with E-state index in [9.17, 15) is 9.59 Å². The van der Waals surface area contributed by atoms with Crippen molar-refractivity contribution in [3.8, 4) is 11.5 Å². The fourth-order valence-electron chi connectivity index (χ4n) is 1.46. The van der Waals surface area contributed by atoms with Crippen LogP contribution in [0.1, 0.15) is 24.2 Å². The molecule has 6 heteroatoms. The van der Waals surface area contributed by atoms with Crippen LogP contribution in [0.5, 0.6) is 11.5 Å². The number of benzene rings is 1. The Morgan fingerprint density at radius 2 is 1.80 bits per heavy atom. The third kappa shape index (κ3) is 3.63. The highest BCUT2D eigenvalue weighted by atomic mass is 16.5. The zero-order valence-electron chi connectivity index (χ0n) is 12.0. The second-order valence-corrected chi connectivity index (χ2v) is 4.94. The van der Waals surface area contributed by atoms with Gasteiger partial charge in [0, 0.05) is 12.1 Å². The first-order valence-corrected chi connectivity index (χ1v) is 6.05. The summed E-state index contributed by atoms with van der Waals surface area (Å²) in [5, 5.41) is 11.6. The number of carboxylic acids is 1. The molecule has 0 aliphatic carbocycles. The number of carboxylic acid groups (broad SMARTS) is 1. The minimum Gasteiger partial charge on any atom is -0.493 e. The van der Waals surface area contributed by atoms with Crippen molar-refractivity contribution in [1.82, 2.24) is 5.32 Å². The summed E-state index contributed by atoms with van der Waals surface area (Å²) < 4.78 is 10.2. The molecule has 1 aromatic carbocycles. The normalized spacial score (nSPS) is 10.8. The number of ether oxygens (including phenoxy) is 2. The second-order valence-electron chi connectivity index (χ2n) is 4.94. The number of carbonyl (C=O) groups excluding carboxylic acids is 1. The fraction of sp³-hybridized carbons (Fsp3) is 0.429. The molecule has 1 amide bonds. The highest BCUT2D eigenvalue weighted by molar-refractivity contribution is 5.95. The Balaban J connectivity index is 2.81. The van der Waals surface area contributed by atoms with Gasteiger partial charge >= 0.3 is 5.97 Å². The standard InChI is InChI=1S/C14H19NO5/c1-14(2,13(17)18)8-15-12(16)9-5-6-10(19-3)11(7-9)20-4/h5-7H,8H2,1-4H3,(H,15,16)(H,17,18). The first-order valence-electron chi connectivity index (χ1n) is 6.05. The van der Waals surface area contributed by atoms with Gasteiger partial charge in [0.1, 0.15) is 0 Å². The van der Waals surface area contributed by atoms with Crippen molar-refractivity contribution in [3.05, 3.63) is 23.8 Å². The summed E-state index contributed by atoms with van der Waals surface area (Å²) in [4.78, 5) is 22.9. The monoisotopic (exact) mass is 281 g/mol. The number of rotatable bonds is 6. The molecule has 1 rings (SSSR count). The van der Waals surface area contributed by atoms with E-state index in [4.69, 9.17) is 14.6 Å². The fourth-order valence-corrected chi connectivity index (χ4v) is 1.46. The van der Waals surface area contributed by atoms with Crippen LogP contribution in [0.4, 0.5) is 0 Å². The number of methoxy groups -OCH3 is 2. The molecule has 0 atom stereocenters. The van der Waals surface area contributed by atoms with E-state index in [1.165, 1.54) is 14.2 Å². The van der Waals surface area contributed by atoms with Gasteiger partial charge in [-0.3, -0.25) is 9.59 Å². The van der Waals surface area contributed by atoms with Gasteiger partial charge < -0.3 is 19.9 Å². The van der Waals surface area contributed by atoms with E-state index in [1.807, 2.05) is 0 Å². The van der Waals surface area contributed by atoms with Crippen molar-refractivity contribution in [2.75, 3.05) is 20.8 Å². The molecule has 0 aliphatic heterocycles. The number of amides is 1. The van der Waals surface area contributed by atoms with Gasteiger partial charge in [0.2, 0.25) is 0 Å². The van der Waals surface area contributed by atoms with Crippen molar-refractivity contribution >= 4 is 11.9 Å². The molecule has 20 heavy (non-hydrogen) atoms. The van der Waals surface area contributed by atoms with Crippen LogP contribution in [0.3, 0.4) is 0 Å². The molecule has 0 bridgehead atoms. The maximum atomic E-state index is 12.0. The molecular formula is C14H19NO5. The van der Waals surface area contributed by atoms with Gasteiger partial charge in [-0.05, 0) is 32.0 Å². The number of carbonyl (C=O) groups is 2. The molecule has 0 saturated carbocycles. The molecule has 0 aliphatic rings. The summed E-state index contributed by atoms with van der Waals surface area (Å²) in [5.74, 6) is -0.363. The smallest absolute Gasteiger partial charge is 0.310 e. The summed E-state index contributed by atoms with van der Waals surface area (Å²) in [7, 11) is 2.99. The van der Waals surface area contributed by atoms with E-state index in [-0.39, 0.29) is 12.5 Å². The largest absolute Gasteiger partial charge is 0.493 e. The number of hydrogen-bond acceptors (Lipinski definition) is 4. The zero-order chi connectivity index (χ0) is 15.3. The quantitative estimate of drug-likeness (QED) is 0.826. The molecule has 0 spiro atoms. The molecule has 0 radical (unpaired) electrons. The molecule has 0 heterocycles. The van der Waals surface area contributed by atoms with E-state index in [0.717, 1.165) is 0 Å². The Labute approximate surface area is 117 Å². The summed E-state index contributed by atoms with van der Waals surface area (Å²) in [6.45, 7) is 3.13. The molecule has 0 aromatic heterocycles. The Hall–Kier alpha value is -2.24. The summed E-state index contributed by atoms with van der Waals surface area (Å²) in [6, 6.07) is 4.75. The Bertz CT molecular complexity index is 510.